The Morgan fingerprint density at radius 3 is 2.92 bits per heavy atom. The van der Waals surface area contributed by atoms with E-state index in [1.165, 1.54) is 6.20 Å². The Balaban J connectivity index is 2.17. The number of ether oxygens (including phenoxy) is 1. The number of rotatable bonds is 2. The number of nitrogens with zero attached hydrogens (tertiary/aromatic N) is 3. The Hall–Kier alpha value is -3.28. The summed E-state index contributed by atoms with van der Waals surface area (Å²) >= 11 is 0. The van der Waals surface area contributed by atoms with Gasteiger partial charge in [-0.2, -0.15) is 4.98 Å². The Morgan fingerprint density at radius 2 is 2.08 bits per heavy atom. The van der Waals surface area contributed by atoms with Crippen LogP contribution in [-0.2, 0) is 4.74 Å². The minimum atomic E-state index is -0.401. The standard InChI is InChI=1S/C18H13N3O3/c1-2-24-18(23)11-6-7-14-12(9-11)16-13(10-19-14)17(22)20-15-5-3-4-8-21(15)16/h3-10H,2H2,1H3. The summed E-state index contributed by atoms with van der Waals surface area (Å²) in [5.41, 5.74) is 2.00. The average molecular weight is 319 g/mol. The summed E-state index contributed by atoms with van der Waals surface area (Å²) < 4.78 is 6.89. The lowest BCUT2D eigenvalue weighted by molar-refractivity contribution is 0.0526. The fraction of sp³-hybridized carbons (Fsp3) is 0.111. The molecule has 0 amide bonds. The number of aromatic nitrogens is 3. The van der Waals surface area contributed by atoms with Crippen LogP contribution < -0.4 is 5.56 Å². The van der Waals surface area contributed by atoms with Gasteiger partial charge >= 0.3 is 5.97 Å². The summed E-state index contributed by atoms with van der Waals surface area (Å²) in [6.07, 6.45) is 3.36. The third-order valence-electron chi connectivity index (χ3n) is 3.88. The van der Waals surface area contributed by atoms with Crippen LogP contribution >= 0.6 is 0 Å². The molecular formula is C18H13N3O3. The monoisotopic (exact) mass is 319 g/mol. The summed E-state index contributed by atoms with van der Waals surface area (Å²) in [4.78, 5) is 32.7. The first-order valence-electron chi connectivity index (χ1n) is 7.56. The van der Waals surface area contributed by atoms with Gasteiger partial charge in [-0.25, -0.2) is 4.79 Å². The van der Waals surface area contributed by atoms with Crippen molar-refractivity contribution in [1.82, 2.24) is 14.4 Å². The molecular weight excluding hydrogens is 306 g/mol. The van der Waals surface area contributed by atoms with Gasteiger partial charge in [0.25, 0.3) is 5.56 Å². The van der Waals surface area contributed by atoms with Crippen molar-refractivity contribution < 1.29 is 9.53 Å². The second-order valence-corrected chi connectivity index (χ2v) is 5.32. The molecule has 0 aliphatic rings. The summed E-state index contributed by atoms with van der Waals surface area (Å²) in [7, 11) is 0. The number of fused-ring (bicyclic) bond motifs is 5. The highest BCUT2D eigenvalue weighted by molar-refractivity contribution is 6.06. The van der Waals surface area contributed by atoms with Gasteiger partial charge in [-0.3, -0.25) is 9.78 Å². The fourth-order valence-corrected chi connectivity index (χ4v) is 2.81. The van der Waals surface area contributed by atoms with Crippen LogP contribution in [0.2, 0.25) is 0 Å². The largest absolute Gasteiger partial charge is 0.462 e. The SMILES string of the molecule is CCOC(=O)c1ccc2ncc3c(=O)nc4ccccn4c3c2c1. The predicted octanol–water partition coefficient (Wildman–Crippen LogP) is 2.57. The lowest BCUT2D eigenvalue weighted by Gasteiger charge is -2.09. The highest BCUT2D eigenvalue weighted by atomic mass is 16.5. The molecule has 0 aliphatic heterocycles. The van der Waals surface area contributed by atoms with Crippen LogP contribution in [0, 0.1) is 0 Å². The molecule has 24 heavy (non-hydrogen) atoms. The predicted molar refractivity (Wildman–Crippen MR) is 90.2 cm³/mol. The summed E-state index contributed by atoms with van der Waals surface area (Å²) in [5, 5.41) is 1.12. The minimum Gasteiger partial charge on any atom is -0.462 e. The molecule has 0 unspecified atom stereocenters. The minimum absolute atomic E-state index is 0.303. The number of benzene rings is 1. The van der Waals surface area contributed by atoms with Crippen molar-refractivity contribution in [2.45, 2.75) is 6.92 Å². The van der Waals surface area contributed by atoms with Gasteiger partial charge in [-0.05, 0) is 37.3 Å². The molecule has 0 fully saturated rings. The number of carbonyl (C=O) groups is 1. The molecule has 0 radical (unpaired) electrons. The molecule has 0 saturated heterocycles. The molecule has 0 atom stereocenters. The normalized spacial score (nSPS) is 11.2. The Labute approximate surface area is 136 Å². The van der Waals surface area contributed by atoms with Crippen molar-refractivity contribution >= 4 is 33.4 Å². The van der Waals surface area contributed by atoms with Crippen LogP contribution in [0.1, 0.15) is 17.3 Å². The molecule has 0 saturated carbocycles. The molecule has 0 aliphatic carbocycles. The van der Waals surface area contributed by atoms with Crippen LogP contribution in [0.5, 0.6) is 0 Å². The van der Waals surface area contributed by atoms with E-state index in [1.807, 2.05) is 22.7 Å². The maximum atomic E-state index is 12.3. The molecule has 0 bridgehead atoms. The molecule has 0 N–H and O–H groups in total. The molecule has 4 rings (SSSR count). The van der Waals surface area contributed by atoms with E-state index in [0.717, 1.165) is 0 Å². The number of carbonyl (C=O) groups excluding carboxylic acids is 1. The van der Waals surface area contributed by atoms with Crippen LogP contribution in [0.3, 0.4) is 0 Å². The van der Waals surface area contributed by atoms with Crippen molar-refractivity contribution in [3.05, 3.63) is 64.7 Å². The van der Waals surface area contributed by atoms with E-state index < -0.39 is 5.97 Å². The van der Waals surface area contributed by atoms with Gasteiger partial charge in [0, 0.05) is 17.8 Å². The van der Waals surface area contributed by atoms with Gasteiger partial charge in [-0.1, -0.05) is 6.07 Å². The average Bonchev–Trinajstić information content (AvgIpc) is 2.61. The molecule has 6 nitrogen and oxygen atoms in total. The first-order chi connectivity index (χ1) is 11.7. The topological polar surface area (TPSA) is 73.6 Å². The second kappa shape index (κ2) is 5.42. The highest BCUT2D eigenvalue weighted by Crippen LogP contribution is 2.23. The number of pyridine rings is 2. The van der Waals surface area contributed by atoms with Crippen molar-refractivity contribution in [3.63, 3.8) is 0 Å². The van der Waals surface area contributed by atoms with Gasteiger partial charge in [0.15, 0.2) is 0 Å². The molecule has 6 heteroatoms. The van der Waals surface area contributed by atoms with Gasteiger partial charge in [-0.15, -0.1) is 0 Å². The molecule has 3 aromatic heterocycles. The summed E-state index contributed by atoms with van der Waals surface area (Å²) in [6, 6.07) is 10.6. The Morgan fingerprint density at radius 1 is 1.21 bits per heavy atom. The molecule has 0 spiro atoms. The van der Waals surface area contributed by atoms with Gasteiger partial charge in [0.1, 0.15) is 5.65 Å². The van der Waals surface area contributed by atoms with E-state index in [4.69, 9.17) is 4.74 Å². The van der Waals surface area contributed by atoms with Crippen LogP contribution in [-0.4, -0.2) is 26.9 Å². The van der Waals surface area contributed by atoms with Crippen LogP contribution in [0.15, 0.2) is 53.6 Å². The van der Waals surface area contributed by atoms with Crippen LogP contribution in [0.4, 0.5) is 0 Å². The Kier molecular flexibility index (Phi) is 3.23. The van der Waals surface area contributed by atoms with Crippen molar-refractivity contribution in [1.29, 1.82) is 0 Å². The van der Waals surface area contributed by atoms with Crippen molar-refractivity contribution in [3.8, 4) is 0 Å². The quantitative estimate of drug-likeness (QED) is 0.419. The zero-order valence-electron chi connectivity index (χ0n) is 12.9. The molecule has 4 aromatic rings. The summed E-state index contributed by atoms with van der Waals surface area (Å²) in [5.74, 6) is -0.401. The van der Waals surface area contributed by atoms with E-state index in [9.17, 15) is 9.59 Å². The van der Waals surface area contributed by atoms with Crippen molar-refractivity contribution in [2.24, 2.45) is 0 Å². The molecule has 118 valence electrons. The lowest BCUT2D eigenvalue weighted by Crippen LogP contribution is -2.11. The first-order valence-corrected chi connectivity index (χ1v) is 7.56. The number of hydrogen-bond acceptors (Lipinski definition) is 5. The van der Waals surface area contributed by atoms with Crippen LogP contribution in [0.25, 0.3) is 27.5 Å². The van der Waals surface area contributed by atoms with E-state index >= 15 is 0 Å². The fourth-order valence-electron chi connectivity index (χ4n) is 2.81. The number of hydrogen-bond donors (Lipinski definition) is 0. The maximum Gasteiger partial charge on any atom is 0.338 e. The van der Waals surface area contributed by atoms with Gasteiger partial charge in [0.2, 0.25) is 0 Å². The zero-order valence-corrected chi connectivity index (χ0v) is 12.9. The third-order valence-corrected chi connectivity index (χ3v) is 3.88. The molecule has 3 heterocycles. The van der Waals surface area contributed by atoms with Gasteiger partial charge in [0.05, 0.1) is 28.6 Å². The number of esters is 1. The zero-order chi connectivity index (χ0) is 16.7. The second-order valence-electron chi connectivity index (χ2n) is 5.32. The van der Waals surface area contributed by atoms with E-state index in [-0.39, 0.29) is 5.56 Å². The van der Waals surface area contributed by atoms with E-state index in [0.29, 0.717) is 39.6 Å². The first kappa shape index (κ1) is 14.3. The Bertz CT molecular complexity index is 1160. The highest BCUT2D eigenvalue weighted by Gasteiger charge is 2.13. The van der Waals surface area contributed by atoms with E-state index in [1.54, 1.807) is 31.2 Å². The van der Waals surface area contributed by atoms with Gasteiger partial charge < -0.3 is 9.14 Å². The third kappa shape index (κ3) is 2.11. The lowest BCUT2D eigenvalue weighted by atomic mass is 10.1. The maximum absolute atomic E-state index is 12.3. The van der Waals surface area contributed by atoms with Crippen molar-refractivity contribution in [2.75, 3.05) is 6.61 Å². The summed E-state index contributed by atoms with van der Waals surface area (Å²) in [6.45, 7) is 2.06. The molecule has 1 aromatic carbocycles. The smallest absolute Gasteiger partial charge is 0.338 e. The van der Waals surface area contributed by atoms with E-state index in [2.05, 4.69) is 9.97 Å².